The number of benzene rings is 3. The Labute approximate surface area is 220 Å². The summed E-state index contributed by atoms with van der Waals surface area (Å²) in [6.45, 7) is 1.12. The highest BCUT2D eigenvalue weighted by molar-refractivity contribution is 6.46. The predicted octanol–water partition coefficient (Wildman–Crippen LogP) is 5.01. The third kappa shape index (κ3) is 5.13. The molecular formula is C30H28FNO6. The lowest BCUT2D eigenvalue weighted by Crippen LogP contribution is -2.36. The minimum Gasteiger partial charge on any atom is -0.507 e. The van der Waals surface area contributed by atoms with E-state index in [-0.39, 0.29) is 29.5 Å². The molecule has 38 heavy (non-hydrogen) atoms. The van der Waals surface area contributed by atoms with Crippen molar-refractivity contribution in [1.82, 2.24) is 4.90 Å². The van der Waals surface area contributed by atoms with Gasteiger partial charge in [0, 0.05) is 18.7 Å². The minimum absolute atomic E-state index is 0.0698. The maximum Gasteiger partial charge on any atom is 0.295 e. The molecule has 0 radical (unpaired) electrons. The average molecular weight is 518 g/mol. The first kappa shape index (κ1) is 25.5. The number of ketones is 1. The zero-order chi connectivity index (χ0) is 26.6. The summed E-state index contributed by atoms with van der Waals surface area (Å²) in [5, 5.41) is 11.2. The van der Waals surface area contributed by atoms with Crippen LogP contribution in [0.25, 0.3) is 5.76 Å². The number of ether oxygens (including phenoxy) is 3. The second-order valence-corrected chi connectivity index (χ2v) is 9.28. The number of carbonyl (C=O) groups excluding carboxylic acids is 2. The van der Waals surface area contributed by atoms with E-state index in [4.69, 9.17) is 14.2 Å². The van der Waals surface area contributed by atoms with Crippen LogP contribution in [0.3, 0.4) is 0 Å². The van der Waals surface area contributed by atoms with Crippen molar-refractivity contribution in [2.24, 2.45) is 0 Å². The van der Waals surface area contributed by atoms with Crippen LogP contribution in [0.15, 0.2) is 78.4 Å². The van der Waals surface area contributed by atoms with Gasteiger partial charge in [-0.3, -0.25) is 9.59 Å². The summed E-state index contributed by atoms with van der Waals surface area (Å²) >= 11 is 0. The van der Waals surface area contributed by atoms with Crippen molar-refractivity contribution < 1.29 is 33.3 Å². The molecule has 3 aromatic carbocycles. The summed E-state index contributed by atoms with van der Waals surface area (Å²) in [6.07, 6.45) is 1.43. The van der Waals surface area contributed by atoms with Gasteiger partial charge in [0.2, 0.25) is 0 Å². The quantitative estimate of drug-likeness (QED) is 0.257. The molecule has 196 valence electrons. The molecule has 2 fully saturated rings. The largest absolute Gasteiger partial charge is 0.507 e. The van der Waals surface area contributed by atoms with Crippen molar-refractivity contribution in [3.8, 4) is 11.5 Å². The van der Waals surface area contributed by atoms with E-state index in [1.807, 2.05) is 30.3 Å². The summed E-state index contributed by atoms with van der Waals surface area (Å²) in [5.74, 6) is -1.47. The second kappa shape index (κ2) is 11.1. The Bertz CT molecular complexity index is 1350. The number of rotatable bonds is 8. The molecule has 2 heterocycles. The van der Waals surface area contributed by atoms with E-state index < -0.39 is 23.5 Å². The van der Waals surface area contributed by atoms with Gasteiger partial charge in [-0.05, 0) is 60.4 Å². The topological polar surface area (TPSA) is 85.3 Å². The monoisotopic (exact) mass is 517 g/mol. The highest BCUT2D eigenvalue weighted by atomic mass is 19.1. The van der Waals surface area contributed by atoms with Crippen LogP contribution in [0.4, 0.5) is 4.39 Å². The van der Waals surface area contributed by atoms with Crippen LogP contribution in [-0.4, -0.2) is 48.1 Å². The van der Waals surface area contributed by atoms with Gasteiger partial charge in [-0.2, -0.15) is 0 Å². The van der Waals surface area contributed by atoms with E-state index in [0.29, 0.717) is 30.3 Å². The fourth-order valence-corrected chi connectivity index (χ4v) is 4.89. The van der Waals surface area contributed by atoms with Crippen molar-refractivity contribution in [2.75, 3.05) is 20.3 Å². The second-order valence-electron chi connectivity index (χ2n) is 9.28. The molecule has 3 aromatic rings. The lowest BCUT2D eigenvalue weighted by molar-refractivity contribution is -0.140. The van der Waals surface area contributed by atoms with Crippen LogP contribution >= 0.6 is 0 Å². The number of methoxy groups -OCH3 is 1. The van der Waals surface area contributed by atoms with E-state index in [1.54, 1.807) is 18.2 Å². The van der Waals surface area contributed by atoms with Gasteiger partial charge in [0.15, 0.2) is 11.5 Å². The first-order valence-corrected chi connectivity index (χ1v) is 12.5. The minimum atomic E-state index is -0.888. The Morgan fingerprint density at radius 2 is 1.82 bits per heavy atom. The number of likely N-dealkylation sites (tertiary alicyclic amines) is 1. The smallest absolute Gasteiger partial charge is 0.295 e. The van der Waals surface area contributed by atoms with Crippen LogP contribution in [0.1, 0.15) is 35.6 Å². The number of Topliss-reactive ketones (excluding diaryl/α,β-unsaturated/α-hetero) is 1. The van der Waals surface area contributed by atoms with Crippen LogP contribution < -0.4 is 9.47 Å². The molecule has 2 saturated heterocycles. The molecule has 1 amide bonds. The van der Waals surface area contributed by atoms with Gasteiger partial charge >= 0.3 is 0 Å². The summed E-state index contributed by atoms with van der Waals surface area (Å²) in [7, 11) is 1.51. The van der Waals surface area contributed by atoms with Gasteiger partial charge in [0.25, 0.3) is 11.7 Å². The van der Waals surface area contributed by atoms with Crippen LogP contribution in [0.5, 0.6) is 11.5 Å². The molecule has 0 aromatic heterocycles. The van der Waals surface area contributed by atoms with Gasteiger partial charge < -0.3 is 24.2 Å². The molecule has 7 nitrogen and oxygen atoms in total. The molecule has 0 spiro atoms. The molecule has 2 aliphatic heterocycles. The van der Waals surface area contributed by atoms with Crippen molar-refractivity contribution in [1.29, 1.82) is 0 Å². The first-order valence-electron chi connectivity index (χ1n) is 12.5. The molecule has 5 rings (SSSR count). The highest BCUT2D eigenvalue weighted by Gasteiger charge is 2.47. The van der Waals surface area contributed by atoms with Gasteiger partial charge in [0.05, 0.1) is 24.8 Å². The molecular weight excluding hydrogens is 489 g/mol. The first-order chi connectivity index (χ1) is 18.5. The van der Waals surface area contributed by atoms with E-state index >= 15 is 0 Å². The van der Waals surface area contributed by atoms with Gasteiger partial charge in [0.1, 0.15) is 18.2 Å². The van der Waals surface area contributed by atoms with Crippen molar-refractivity contribution in [3.05, 3.63) is 101 Å². The number of nitrogens with zero attached hydrogens (tertiary/aromatic N) is 1. The number of aliphatic hydroxyl groups is 1. The Morgan fingerprint density at radius 3 is 2.50 bits per heavy atom. The molecule has 0 saturated carbocycles. The molecule has 2 aliphatic rings. The van der Waals surface area contributed by atoms with Crippen LogP contribution in [0, 0.1) is 5.82 Å². The standard InChI is InChI=1S/C30H28FNO6/c1-36-25-16-21(11-14-24(25)38-18-19-6-3-2-4-7-19)27-26(28(33)20-9-12-22(31)13-10-20)29(34)30(35)32(27)17-23-8-5-15-37-23/h2-4,6-7,9-14,16,23,27,33H,5,8,15,17-18H2,1H3/b28-26+. The van der Waals surface area contributed by atoms with Crippen molar-refractivity contribution in [3.63, 3.8) is 0 Å². The Hall–Kier alpha value is -4.17. The summed E-state index contributed by atoms with van der Waals surface area (Å²) in [6, 6.07) is 19.1. The third-order valence-electron chi connectivity index (χ3n) is 6.82. The van der Waals surface area contributed by atoms with E-state index in [2.05, 4.69) is 0 Å². The number of carbonyl (C=O) groups is 2. The SMILES string of the molecule is COc1cc(C2/C(=C(\O)c3ccc(F)cc3)C(=O)C(=O)N2CC2CCCO2)ccc1OCc1ccccc1. The molecule has 1 N–H and O–H groups in total. The predicted molar refractivity (Wildman–Crippen MR) is 138 cm³/mol. The van der Waals surface area contributed by atoms with E-state index in [1.165, 1.54) is 36.3 Å². The van der Waals surface area contributed by atoms with Gasteiger partial charge in [-0.1, -0.05) is 36.4 Å². The van der Waals surface area contributed by atoms with E-state index in [0.717, 1.165) is 18.4 Å². The molecule has 0 aliphatic carbocycles. The fourth-order valence-electron chi connectivity index (χ4n) is 4.89. The van der Waals surface area contributed by atoms with Gasteiger partial charge in [-0.15, -0.1) is 0 Å². The zero-order valence-corrected chi connectivity index (χ0v) is 20.9. The molecule has 2 unspecified atom stereocenters. The number of aliphatic hydroxyl groups excluding tert-OH is 1. The van der Waals surface area contributed by atoms with Crippen molar-refractivity contribution in [2.45, 2.75) is 31.6 Å². The lowest BCUT2D eigenvalue weighted by atomic mass is 9.94. The molecule has 0 bridgehead atoms. The Kier molecular flexibility index (Phi) is 7.42. The summed E-state index contributed by atoms with van der Waals surface area (Å²) < 4.78 is 30.8. The number of halogens is 1. The number of hydrogen-bond donors (Lipinski definition) is 1. The molecule has 8 heteroatoms. The Balaban J connectivity index is 1.54. The van der Waals surface area contributed by atoms with Crippen LogP contribution in [-0.2, 0) is 20.9 Å². The zero-order valence-electron chi connectivity index (χ0n) is 20.9. The summed E-state index contributed by atoms with van der Waals surface area (Å²) in [4.78, 5) is 27.9. The highest BCUT2D eigenvalue weighted by Crippen LogP contribution is 2.42. The number of amides is 1. The fraction of sp³-hybridized carbons (Fsp3) is 0.267. The maximum atomic E-state index is 13.5. The average Bonchev–Trinajstić information content (AvgIpc) is 3.55. The van der Waals surface area contributed by atoms with Crippen LogP contribution in [0.2, 0.25) is 0 Å². The molecule has 2 atom stereocenters. The summed E-state index contributed by atoms with van der Waals surface area (Å²) in [5.41, 5.74) is 1.72. The maximum absolute atomic E-state index is 13.5. The normalized spacial score (nSPS) is 20.6. The third-order valence-corrected chi connectivity index (χ3v) is 6.82. The Morgan fingerprint density at radius 1 is 1.05 bits per heavy atom. The van der Waals surface area contributed by atoms with Gasteiger partial charge in [-0.25, -0.2) is 4.39 Å². The van der Waals surface area contributed by atoms with E-state index in [9.17, 15) is 19.1 Å². The number of hydrogen-bond acceptors (Lipinski definition) is 6. The lowest BCUT2D eigenvalue weighted by Gasteiger charge is -2.28. The van der Waals surface area contributed by atoms with Crippen molar-refractivity contribution >= 4 is 17.4 Å².